The number of hydrogen-bond acceptors (Lipinski definition) is 5. The van der Waals surface area contributed by atoms with Gasteiger partial charge in [0.05, 0.1) is 27.0 Å². The molecular weight excluding hydrogens is 424 g/mol. The summed E-state index contributed by atoms with van der Waals surface area (Å²) in [5.41, 5.74) is 3.34. The summed E-state index contributed by atoms with van der Waals surface area (Å²) in [4.78, 5) is 29.3. The van der Waals surface area contributed by atoms with Crippen molar-refractivity contribution in [1.29, 1.82) is 0 Å². The van der Waals surface area contributed by atoms with Gasteiger partial charge in [0.2, 0.25) is 5.91 Å². The van der Waals surface area contributed by atoms with Crippen molar-refractivity contribution in [2.24, 2.45) is 0 Å². The molecule has 4 rings (SSSR count). The van der Waals surface area contributed by atoms with Crippen LogP contribution in [-0.4, -0.2) is 32.7 Å². The first-order valence-corrected chi connectivity index (χ1v) is 10.7. The molecule has 0 fully saturated rings. The monoisotopic (exact) mass is 444 g/mol. The molecule has 156 valence electrons. The molecule has 0 spiro atoms. The molecule has 0 radical (unpaired) electrons. The van der Waals surface area contributed by atoms with E-state index in [4.69, 9.17) is 16.7 Å². The Morgan fingerprint density at radius 1 is 1.20 bits per heavy atom. The number of anilines is 2. The zero-order chi connectivity index (χ0) is 21.4. The van der Waals surface area contributed by atoms with Crippen LogP contribution in [-0.2, 0) is 17.6 Å². The molecule has 0 unspecified atom stereocenters. The number of benzene rings is 1. The molecule has 0 bridgehead atoms. The third-order valence-electron chi connectivity index (χ3n) is 4.52. The molecule has 1 aliphatic rings. The Kier molecular flexibility index (Phi) is 5.48. The van der Waals surface area contributed by atoms with Gasteiger partial charge in [-0.05, 0) is 38.8 Å². The van der Waals surface area contributed by atoms with E-state index in [-0.39, 0.29) is 18.0 Å². The van der Waals surface area contributed by atoms with Gasteiger partial charge in [-0.25, -0.2) is 14.5 Å². The van der Waals surface area contributed by atoms with E-state index in [1.165, 1.54) is 18.3 Å². The number of aryl methyl sites for hydroxylation is 1. The van der Waals surface area contributed by atoms with Gasteiger partial charge < -0.3 is 10.6 Å². The van der Waals surface area contributed by atoms with Crippen LogP contribution in [0.25, 0.3) is 16.3 Å². The van der Waals surface area contributed by atoms with Crippen LogP contribution in [0, 0.1) is 0 Å². The fourth-order valence-electron chi connectivity index (χ4n) is 3.38. The number of nitrogens with zero attached hydrogens (tertiary/aromatic N) is 3. The van der Waals surface area contributed by atoms with Crippen molar-refractivity contribution >= 4 is 45.8 Å². The number of carbonyl (C=O) groups excluding carboxylic acids is 2. The van der Waals surface area contributed by atoms with Gasteiger partial charge in [-0.1, -0.05) is 35.1 Å². The van der Waals surface area contributed by atoms with Gasteiger partial charge in [-0.2, -0.15) is 0 Å². The second kappa shape index (κ2) is 8.08. The summed E-state index contributed by atoms with van der Waals surface area (Å²) in [7, 11) is 0. The summed E-state index contributed by atoms with van der Waals surface area (Å²) in [6, 6.07) is 7.09. The van der Waals surface area contributed by atoms with Crippen molar-refractivity contribution in [3.63, 3.8) is 0 Å². The van der Waals surface area contributed by atoms with Crippen LogP contribution in [0.4, 0.5) is 15.7 Å². The number of hydrogen-bond donors (Lipinski definition) is 3. The first-order valence-electron chi connectivity index (χ1n) is 9.55. The highest BCUT2D eigenvalue weighted by Crippen LogP contribution is 2.43. The van der Waals surface area contributed by atoms with Crippen molar-refractivity contribution in [2.75, 3.05) is 10.6 Å². The van der Waals surface area contributed by atoms with E-state index >= 15 is 0 Å². The van der Waals surface area contributed by atoms with E-state index < -0.39 is 0 Å². The van der Waals surface area contributed by atoms with Crippen LogP contribution >= 0.6 is 22.9 Å². The summed E-state index contributed by atoms with van der Waals surface area (Å²) < 4.78 is 1.75. The van der Waals surface area contributed by atoms with Gasteiger partial charge in [-0.3, -0.25) is 10.1 Å². The topological polar surface area (TPSA) is 101 Å². The molecule has 30 heavy (non-hydrogen) atoms. The number of urea groups is 1. The summed E-state index contributed by atoms with van der Waals surface area (Å²) >= 11 is 7.85. The third kappa shape index (κ3) is 3.90. The molecule has 1 aliphatic carbocycles. The normalized spacial score (nSPS) is 12.3. The van der Waals surface area contributed by atoms with Gasteiger partial charge in [0.1, 0.15) is 0 Å². The van der Waals surface area contributed by atoms with Crippen molar-refractivity contribution in [1.82, 2.24) is 20.1 Å². The standard InChI is InChI=1S/C20H21ClN6O2S/c1-10(2)22-19(29)25-18-12-8-9-14-17(30-20(24-14)23-11(3)28)16(12)27(26-18)15-7-5-4-6-13(15)21/h4-7,10H,8-9H2,1-3H3,(H,23,24,28)(H2,22,25,26,29). The van der Waals surface area contributed by atoms with Crippen LogP contribution in [0.15, 0.2) is 24.3 Å². The quantitative estimate of drug-likeness (QED) is 0.560. The number of rotatable bonds is 4. The molecule has 3 amide bonds. The van der Waals surface area contributed by atoms with Crippen LogP contribution in [0.1, 0.15) is 32.0 Å². The number of aromatic nitrogens is 3. The van der Waals surface area contributed by atoms with Crippen LogP contribution in [0.2, 0.25) is 5.02 Å². The van der Waals surface area contributed by atoms with E-state index in [0.29, 0.717) is 34.5 Å². The smallest absolute Gasteiger partial charge is 0.320 e. The molecule has 2 aromatic heterocycles. The lowest BCUT2D eigenvalue weighted by Gasteiger charge is -2.15. The fraction of sp³-hybridized carbons (Fsp3) is 0.300. The molecule has 3 aromatic rings. The van der Waals surface area contributed by atoms with Gasteiger partial charge in [0, 0.05) is 18.5 Å². The van der Waals surface area contributed by atoms with Crippen molar-refractivity contribution in [3.05, 3.63) is 40.5 Å². The highest BCUT2D eigenvalue weighted by Gasteiger charge is 2.30. The zero-order valence-electron chi connectivity index (χ0n) is 16.7. The SMILES string of the molecule is CC(=O)Nc1nc2c(s1)-c1c(c(NC(=O)NC(C)C)nn1-c1ccccc1Cl)CC2. The number of thiazole rings is 1. The highest BCUT2D eigenvalue weighted by molar-refractivity contribution is 7.19. The van der Waals surface area contributed by atoms with E-state index in [1.54, 1.807) is 10.7 Å². The minimum atomic E-state index is -0.314. The molecule has 0 saturated carbocycles. The first kappa shape index (κ1) is 20.4. The Hall–Kier alpha value is -2.91. The highest BCUT2D eigenvalue weighted by atomic mass is 35.5. The van der Waals surface area contributed by atoms with Gasteiger partial charge in [0.15, 0.2) is 10.9 Å². The van der Waals surface area contributed by atoms with Crippen molar-refractivity contribution < 1.29 is 9.59 Å². The molecular formula is C20H21ClN6O2S. The number of amides is 3. The van der Waals surface area contributed by atoms with Gasteiger partial charge >= 0.3 is 6.03 Å². The van der Waals surface area contributed by atoms with E-state index in [9.17, 15) is 9.59 Å². The molecule has 0 saturated heterocycles. The van der Waals surface area contributed by atoms with Gasteiger partial charge in [-0.15, -0.1) is 5.10 Å². The molecule has 0 atom stereocenters. The van der Waals surface area contributed by atoms with Crippen molar-refractivity contribution in [2.45, 2.75) is 39.7 Å². The lowest BCUT2D eigenvalue weighted by molar-refractivity contribution is -0.114. The Morgan fingerprint density at radius 2 is 1.97 bits per heavy atom. The molecule has 10 heteroatoms. The minimum Gasteiger partial charge on any atom is -0.336 e. The predicted molar refractivity (Wildman–Crippen MR) is 119 cm³/mol. The lowest BCUT2D eigenvalue weighted by Crippen LogP contribution is -2.34. The summed E-state index contributed by atoms with van der Waals surface area (Å²) in [6.07, 6.45) is 1.35. The lowest BCUT2D eigenvalue weighted by atomic mass is 9.99. The number of halogens is 1. The Morgan fingerprint density at radius 3 is 2.67 bits per heavy atom. The Bertz CT molecular complexity index is 1140. The average Bonchev–Trinajstić information content (AvgIpc) is 3.21. The Labute approximate surface area is 182 Å². The number of para-hydroxylation sites is 1. The third-order valence-corrected chi connectivity index (χ3v) is 5.86. The van der Waals surface area contributed by atoms with Crippen molar-refractivity contribution in [3.8, 4) is 16.3 Å². The maximum atomic E-state index is 12.3. The molecule has 3 N–H and O–H groups in total. The Balaban J connectivity index is 1.85. The molecule has 0 aliphatic heterocycles. The predicted octanol–water partition coefficient (Wildman–Crippen LogP) is 4.24. The van der Waals surface area contributed by atoms with E-state index in [1.807, 2.05) is 32.0 Å². The minimum absolute atomic E-state index is 0.000193. The molecule has 8 nitrogen and oxygen atoms in total. The maximum Gasteiger partial charge on any atom is 0.320 e. The van der Waals surface area contributed by atoms with Gasteiger partial charge in [0.25, 0.3) is 0 Å². The number of nitrogens with one attached hydrogen (secondary N) is 3. The zero-order valence-corrected chi connectivity index (χ0v) is 18.3. The number of fused-ring (bicyclic) bond motifs is 3. The summed E-state index contributed by atoms with van der Waals surface area (Å²) in [5.74, 6) is 0.317. The average molecular weight is 445 g/mol. The largest absolute Gasteiger partial charge is 0.336 e. The maximum absolute atomic E-state index is 12.3. The number of carbonyl (C=O) groups is 2. The summed E-state index contributed by atoms with van der Waals surface area (Å²) in [6.45, 7) is 5.24. The van der Waals surface area contributed by atoms with Crippen LogP contribution in [0.3, 0.4) is 0 Å². The van der Waals surface area contributed by atoms with Crippen LogP contribution < -0.4 is 16.0 Å². The van der Waals surface area contributed by atoms with Crippen LogP contribution in [0.5, 0.6) is 0 Å². The molecule has 1 aromatic carbocycles. The second-order valence-corrected chi connectivity index (χ2v) is 8.67. The van der Waals surface area contributed by atoms with E-state index in [0.717, 1.165) is 21.8 Å². The summed E-state index contributed by atoms with van der Waals surface area (Å²) in [5, 5.41) is 14.2. The second-order valence-electron chi connectivity index (χ2n) is 7.27. The van der Waals surface area contributed by atoms with E-state index in [2.05, 4.69) is 20.9 Å². The molecule has 2 heterocycles. The first-order chi connectivity index (χ1) is 14.3. The fourth-order valence-corrected chi connectivity index (χ4v) is 4.71.